The number of halogens is 1. The number of thiophene rings is 1. The number of hydrogen-bond acceptors (Lipinski definition) is 5. The van der Waals surface area contributed by atoms with Crippen LogP contribution in [0, 0.1) is 0 Å². The molecule has 3 aliphatic rings. The molecule has 2 aromatic rings. The zero-order valence-corrected chi connectivity index (χ0v) is 19.5. The van der Waals surface area contributed by atoms with Gasteiger partial charge in [-0.3, -0.25) is 14.4 Å². The van der Waals surface area contributed by atoms with Gasteiger partial charge in [0.25, 0.3) is 5.91 Å². The van der Waals surface area contributed by atoms with Crippen molar-refractivity contribution in [3.05, 3.63) is 45.6 Å². The predicted octanol–water partition coefficient (Wildman–Crippen LogP) is 2.80. The average Bonchev–Trinajstić information content (AvgIpc) is 3.34. The normalized spacial score (nSPS) is 21.6. The molecule has 1 saturated heterocycles. The summed E-state index contributed by atoms with van der Waals surface area (Å²) in [4.78, 5) is 46.3. The lowest BCUT2D eigenvalue weighted by Crippen LogP contribution is -2.54. The molecule has 4 heterocycles. The second kappa shape index (κ2) is 8.96. The van der Waals surface area contributed by atoms with Crippen molar-refractivity contribution in [2.75, 3.05) is 19.6 Å². The van der Waals surface area contributed by atoms with Crippen LogP contribution in [0.4, 0.5) is 0 Å². The molecule has 1 unspecified atom stereocenters. The fraction of sp³-hybridized carbons (Fsp3) is 0.435. The molecule has 1 aliphatic carbocycles. The third-order valence-corrected chi connectivity index (χ3v) is 7.69. The Morgan fingerprint density at radius 2 is 2.06 bits per heavy atom. The molecule has 0 bridgehead atoms. The molecular weight excluding hydrogens is 464 g/mol. The van der Waals surface area contributed by atoms with Crippen molar-refractivity contribution >= 4 is 50.9 Å². The van der Waals surface area contributed by atoms with E-state index in [1.165, 1.54) is 16.2 Å². The number of amides is 3. The summed E-state index contributed by atoms with van der Waals surface area (Å²) in [5, 5.41) is 13.4. The van der Waals surface area contributed by atoms with Gasteiger partial charge in [-0.15, -0.1) is 11.3 Å². The molecule has 3 N–H and O–H groups in total. The van der Waals surface area contributed by atoms with E-state index in [0.717, 1.165) is 34.3 Å². The summed E-state index contributed by atoms with van der Waals surface area (Å²) >= 11 is 7.37. The summed E-state index contributed by atoms with van der Waals surface area (Å²) in [6, 6.07) is 2.78. The van der Waals surface area contributed by atoms with Crippen LogP contribution in [0.25, 0.3) is 10.2 Å². The van der Waals surface area contributed by atoms with E-state index in [4.69, 9.17) is 11.6 Å². The smallest absolute Gasteiger partial charge is 0.268 e. The number of nitrogens with zero attached hydrogens (tertiary/aromatic N) is 2. The fourth-order valence-electron chi connectivity index (χ4n) is 4.70. The van der Waals surface area contributed by atoms with E-state index >= 15 is 0 Å². The lowest BCUT2D eigenvalue weighted by molar-refractivity contribution is -0.141. The standard InChI is InChI=1S/C23H25ClN4O4S/c24-19-11-14-10-16(26-22(14)33-19)21(31)25-17-9-13-3-1-2-4-18(13)28(23(17)32)12-20(30)27-7-5-15(29)6-8-27/h2,4,10-11,15,17,26,29H,1,3,5-9,12H2,(H,25,31). The molecule has 33 heavy (non-hydrogen) atoms. The zero-order chi connectivity index (χ0) is 23.1. The highest BCUT2D eigenvalue weighted by molar-refractivity contribution is 7.22. The second-order valence-corrected chi connectivity index (χ2v) is 10.4. The van der Waals surface area contributed by atoms with E-state index in [-0.39, 0.29) is 30.4 Å². The minimum Gasteiger partial charge on any atom is -0.393 e. The predicted molar refractivity (Wildman–Crippen MR) is 126 cm³/mol. The molecule has 3 amide bonds. The van der Waals surface area contributed by atoms with Crippen molar-refractivity contribution in [1.29, 1.82) is 0 Å². The zero-order valence-electron chi connectivity index (χ0n) is 18.0. The first-order chi connectivity index (χ1) is 15.9. The van der Waals surface area contributed by atoms with Crippen LogP contribution in [0.3, 0.4) is 0 Å². The lowest BCUT2D eigenvalue weighted by Gasteiger charge is -2.38. The summed E-state index contributed by atoms with van der Waals surface area (Å²) in [5.41, 5.74) is 2.22. The summed E-state index contributed by atoms with van der Waals surface area (Å²) in [7, 11) is 0. The molecular formula is C23H25ClN4O4S. The maximum atomic E-state index is 13.4. The summed E-state index contributed by atoms with van der Waals surface area (Å²) in [6.45, 7) is 0.900. The van der Waals surface area contributed by atoms with Gasteiger partial charge in [0.05, 0.1) is 10.4 Å². The molecule has 0 aromatic carbocycles. The Kier molecular flexibility index (Phi) is 6.03. The van der Waals surface area contributed by atoms with Crippen LogP contribution in [0.5, 0.6) is 0 Å². The van der Waals surface area contributed by atoms with Gasteiger partial charge in [0.15, 0.2) is 0 Å². The number of fused-ring (bicyclic) bond motifs is 1. The molecule has 2 aliphatic heterocycles. The Balaban J connectivity index is 1.33. The Labute approximate surface area is 199 Å². The van der Waals surface area contributed by atoms with Gasteiger partial charge >= 0.3 is 0 Å². The SMILES string of the molecule is O=C(NC1CC2=C(C=CCC2)N(CC(=O)N2CCC(O)CC2)C1=O)c1cc2cc(Cl)sc2[nH]1. The lowest BCUT2D eigenvalue weighted by atomic mass is 9.90. The van der Waals surface area contributed by atoms with E-state index in [9.17, 15) is 19.5 Å². The number of nitrogens with one attached hydrogen (secondary N) is 2. The molecule has 174 valence electrons. The Morgan fingerprint density at radius 1 is 1.27 bits per heavy atom. The highest BCUT2D eigenvalue weighted by atomic mass is 35.5. The van der Waals surface area contributed by atoms with Crippen LogP contribution in [0.15, 0.2) is 35.6 Å². The van der Waals surface area contributed by atoms with E-state index in [2.05, 4.69) is 10.3 Å². The number of hydrogen-bond donors (Lipinski definition) is 3. The third-order valence-electron chi connectivity index (χ3n) is 6.50. The van der Waals surface area contributed by atoms with E-state index in [1.54, 1.807) is 17.0 Å². The van der Waals surface area contributed by atoms with Crippen LogP contribution in [0.2, 0.25) is 4.34 Å². The summed E-state index contributed by atoms with van der Waals surface area (Å²) in [6.07, 6.45) is 6.74. The van der Waals surface area contributed by atoms with Crippen molar-refractivity contribution in [3.8, 4) is 0 Å². The quantitative estimate of drug-likeness (QED) is 0.615. The first-order valence-corrected chi connectivity index (χ1v) is 12.3. The number of aromatic amines is 1. The van der Waals surface area contributed by atoms with Crippen molar-refractivity contribution < 1.29 is 19.5 Å². The highest BCUT2D eigenvalue weighted by Crippen LogP contribution is 2.32. The van der Waals surface area contributed by atoms with Crippen LogP contribution in [-0.2, 0) is 9.59 Å². The van der Waals surface area contributed by atoms with Gasteiger partial charge in [-0.25, -0.2) is 0 Å². The number of rotatable bonds is 4. The number of piperidine rings is 1. The van der Waals surface area contributed by atoms with Crippen LogP contribution in [0.1, 0.15) is 42.6 Å². The molecule has 1 fully saturated rings. The minimum absolute atomic E-state index is 0.0682. The summed E-state index contributed by atoms with van der Waals surface area (Å²) in [5.74, 6) is -0.787. The number of allylic oxidation sites excluding steroid dienone is 2. The highest BCUT2D eigenvalue weighted by Gasteiger charge is 2.37. The van der Waals surface area contributed by atoms with Gasteiger partial charge in [-0.2, -0.15) is 0 Å². The van der Waals surface area contributed by atoms with Gasteiger partial charge in [-0.1, -0.05) is 17.7 Å². The van der Waals surface area contributed by atoms with Gasteiger partial charge < -0.3 is 25.2 Å². The molecule has 8 nitrogen and oxygen atoms in total. The molecule has 1 atom stereocenters. The van der Waals surface area contributed by atoms with Crippen molar-refractivity contribution in [2.45, 2.75) is 44.2 Å². The van der Waals surface area contributed by atoms with Gasteiger partial charge in [-0.05, 0) is 55.9 Å². The Hall–Kier alpha value is -2.62. The maximum absolute atomic E-state index is 13.4. The van der Waals surface area contributed by atoms with Crippen molar-refractivity contribution in [2.24, 2.45) is 0 Å². The monoisotopic (exact) mass is 488 g/mol. The number of aromatic nitrogens is 1. The molecule has 10 heteroatoms. The van der Waals surface area contributed by atoms with Gasteiger partial charge in [0.2, 0.25) is 11.8 Å². The topological polar surface area (TPSA) is 106 Å². The number of aliphatic hydroxyl groups is 1. The van der Waals surface area contributed by atoms with Crippen LogP contribution < -0.4 is 5.32 Å². The first kappa shape index (κ1) is 22.2. The number of likely N-dealkylation sites (tertiary alicyclic amines) is 1. The van der Waals surface area contributed by atoms with E-state index in [0.29, 0.717) is 42.4 Å². The molecule has 5 rings (SSSR count). The Morgan fingerprint density at radius 3 is 2.82 bits per heavy atom. The number of carbonyl (C=O) groups excluding carboxylic acids is 3. The molecule has 0 spiro atoms. The van der Waals surface area contributed by atoms with E-state index < -0.39 is 6.04 Å². The van der Waals surface area contributed by atoms with Gasteiger partial charge in [0, 0.05) is 24.2 Å². The number of aliphatic hydroxyl groups excluding tert-OH is 1. The Bertz CT molecular complexity index is 1140. The van der Waals surface area contributed by atoms with Crippen molar-refractivity contribution in [3.63, 3.8) is 0 Å². The number of H-pyrrole nitrogens is 1. The summed E-state index contributed by atoms with van der Waals surface area (Å²) < 4.78 is 0.638. The largest absolute Gasteiger partial charge is 0.393 e. The van der Waals surface area contributed by atoms with Crippen LogP contribution >= 0.6 is 22.9 Å². The van der Waals surface area contributed by atoms with E-state index in [1.807, 2.05) is 12.2 Å². The molecule has 0 saturated carbocycles. The molecule has 2 aromatic heterocycles. The van der Waals surface area contributed by atoms with Gasteiger partial charge in [0.1, 0.15) is 23.1 Å². The number of carbonyl (C=O) groups is 3. The third kappa shape index (κ3) is 4.45. The van der Waals surface area contributed by atoms with Crippen molar-refractivity contribution in [1.82, 2.24) is 20.1 Å². The average molecular weight is 489 g/mol. The first-order valence-electron chi connectivity index (χ1n) is 11.1. The van der Waals surface area contributed by atoms with Crippen LogP contribution in [-0.4, -0.2) is 69.4 Å². The fourth-order valence-corrected chi connectivity index (χ4v) is 5.83. The second-order valence-electron chi connectivity index (χ2n) is 8.71. The molecule has 0 radical (unpaired) electrons. The minimum atomic E-state index is -0.733. The maximum Gasteiger partial charge on any atom is 0.268 e.